The summed E-state index contributed by atoms with van der Waals surface area (Å²) in [6.45, 7) is 2.07. The lowest BCUT2D eigenvalue weighted by Crippen LogP contribution is -2.30. The summed E-state index contributed by atoms with van der Waals surface area (Å²) in [4.78, 5) is 35.5. The molecule has 0 bridgehead atoms. The summed E-state index contributed by atoms with van der Waals surface area (Å²) in [5, 5.41) is 17.3. The van der Waals surface area contributed by atoms with Crippen molar-refractivity contribution in [2.45, 2.75) is 25.8 Å². The quantitative estimate of drug-likeness (QED) is 0.428. The Balaban J connectivity index is 1.45. The van der Waals surface area contributed by atoms with Crippen molar-refractivity contribution in [1.82, 2.24) is 20.0 Å². The number of aromatic nitrogens is 2. The van der Waals surface area contributed by atoms with Crippen molar-refractivity contribution in [3.8, 4) is 0 Å². The summed E-state index contributed by atoms with van der Waals surface area (Å²) >= 11 is 0. The van der Waals surface area contributed by atoms with Gasteiger partial charge in [-0.2, -0.15) is 5.10 Å². The topological polar surface area (TPSA) is 124 Å². The highest BCUT2D eigenvalue weighted by atomic mass is 16.6. The van der Waals surface area contributed by atoms with Crippen LogP contribution in [0.4, 0.5) is 5.69 Å². The van der Waals surface area contributed by atoms with Crippen LogP contribution in [0.2, 0.25) is 0 Å². The van der Waals surface area contributed by atoms with Crippen LogP contribution in [0.15, 0.2) is 28.9 Å². The third-order valence-electron chi connectivity index (χ3n) is 4.10. The number of carbonyl (C=O) groups is 2. The zero-order valence-corrected chi connectivity index (χ0v) is 14.1. The minimum absolute atomic E-state index is 0.106. The molecule has 0 atom stereocenters. The van der Waals surface area contributed by atoms with E-state index >= 15 is 0 Å². The van der Waals surface area contributed by atoms with E-state index in [9.17, 15) is 19.7 Å². The highest BCUT2D eigenvalue weighted by molar-refractivity contribution is 5.91. The Hall–Kier alpha value is -3.17. The van der Waals surface area contributed by atoms with Gasteiger partial charge in [-0.1, -0.05) is 0 Å². The van der Waals surface area contributed by atoms with E-state index in [-0.39, 0.29) is 29.8 Å². The highest BCUT2D eigenvalue weighted by Gasteiger charge is 2.19. The Morgan fingerprint density at radius 1 is 1.42 bits per heavy atom. The van der Waals surface area contributed by atoms with Gasteiger partial charge in [-0.05, 0) is 25.0 Å². The van der Waals surface area contributed by atoms with Gasteiger partial charge >= 0.3 is 5.69 Å². The second-order valence-corrected chi connectivity index (χ2v) is 6.01. The van der Waals surface area contributed by atoms with Gasteiger partial charge in [0.1, 0.15) is 18.2 Å². The van der Waals surface area contributed by atoms with Gasteiger partial charge in [0, 0.05) is 26.1 Å². The van der Waals surface area contributed by atoms with E-state index in [4.69, 9.17) is 4.42 Å². The first-order chi connectivity index (χ1) is 12.5. The SMILES string of the molecule is O=C(NCCCN1CCCC1=O)c1ccc(Cn2cc([N+](=O)[O-])cn2)o1. The maximum atomic E-state index is 12.1. The van der Waals surface area contributed by atoms with Crippen molar-refractivity contribution in [3.63, 3.8) is 0 Å². The third kappa shape index (κ3) is 4.26. The first-order valence-corrected chi connectivity index (χ1v) is 8.34. The Bertz CT molecular complexity index is 812. The average Bonchev–Trinajstić information content (AvgIpc) is 3.33. The molecule has 0 saturated carbocycles. The zero-order valence-electron chi connectivity index (χ0n) is 14.1. The third-order valence-corrected chi connectivity index (χ3v) is 4.10. The molecule has 1 aliphatic heterocycles. The van der Waals surface area contributed by atoms with E-state index < -0.39 is 4.92 Å². The molecule has 10 heteroatoms. The molecule has 3 heterocycles. The van der Waals surface area contributed by atoms with Crippen LogP contribution in [0.3, 0.4) is 0 Å². The van der Waals surface area contributed by atoms with Gasteiger partial charge in [0.05, 0.1) is 11.5 Å². The molecule has 0 spiro atoms. The molecular formula is C16H19N5O5. The second-order valence-electron chi connectivity index (χ2n) is 6.01. The van der Waals surface area contributed by atoms with Gasteiger partial charge < -0.3 is 14.6 Å². The van der Waals surface area contributed by atoms with Gasteiger partial charge in [0.15, 0.2) is 5.76 Å². The maximum absolute atomic E-state index is 12.1. The summed E-state index contributed by atoms with van der Waals surface area (Å²) in [7, 11) is 0. The molecule has 2 amide bonds. The Morgan fingerprint density at radius 3 is 2.96 bits per heavy atom. The van der Waals surface area contributed by atoms with E-state index in [2.05, 4.69) is 10.4 Å². The number of carbonyl (C=O) groups excluding carboxylic acids is 2. The van der Waals surface area contributed by atoms with Crippen LogP contribution in [0.25, 0.3) is 0 Å². The molecule has 1 aliphatic rings. The number of rotatable bonds is 8. The molecule has 3 rings (SSSR count). The van der Waals surface area contributed by atoms with Crippen molar-refractivity contribution >= 4 is 17.5 Å². The van der Waals surface area contributed by atoms with Gasteiger partial charge in [-0.25, -0.2) is 0 Å². The summed E-state index contributed by atoms with van der Waals surface area (Å²) in [6, 6.07) is 3.18. The van der Waals surface area contributed by atoms with E-state index in [0.717, 1.165) is 19.2 Å². The number of nitro groups is 1. The fourth-order valence-corrected chi connectivity index (χ4v) is 2.78. The highest BCUT2D eigenvalue weighted by Crippen LogP contribution is 2.13. The van der Waals surface area contributed by atoms with Crippen LogP contribution in [-0.4, -0.2) is 51.1 Å². The lowest BCUT2D eigenvalue weighted by Gasteiger charge is -2.14. The van der Waals surface area contributed by atoms with Gasteiger partial charge in [0.25, 0.3) is 5.91 Å². The normalized spacial score (nSPS) is 14.0. The number of amides is 2. The summed E-state index contributed by atoms with van der Waals surface area (Å²) < 4.78 is 6.83. The predicted octanol–water partition coefficient (Wildman–Crippen LogP) is 1.17. The van der Waals surface area contributed by atoms with Gasteiger partial charge in [0.2, 0.25) is 5.91 Å². The molecule has 10 nitrogen and oxygen atoms in total. The summed E-state index contributed by atoms with van der Waals surface area (Å²) in [6.07, 6.45) is 4.65. The van der Waals surface area contributed by atoms with Crippen molar-refractivity contribution in [1.29, 1.82) is 0 Å². The van der Waals surface area contributed by atoms with Crippen LogP contribution in [0.5, 0.6) is 0 Å². The predicted molar refractivity (Wildman–Crippen MR) is 89.5 cm³/mol. The molecule has 0 unspecified atom stereocenters. The molecule has 0 radical (unpaired) electrons. The van der Waals surface area contributed by atoms with Crippen LogP contribution in [0, 0.1) is 10.1 Å². The number of nitrogens with one attached hydrogen (secondary N) is 1. The fraction of sp³-hybridized carbons (Fsp3) is 0.438. The molecule has 2 aromatic heterocycles. The van der Waals surface area contributed by atoms with Crippen molar-refractivity contribution in [2.24, 2.45) is 0 Å². The zero-order chi connectivity index (χ0) is 18.5. The largest absolute Gasteiger partial charge is 0.454 e. The first kappa shape index (κ1) is 17.6. The molecular weight excluding hydrogens is 342 g/mol. The van der Waals surface area contributed by atoms with Crippen LogP contribution >= 0.6 is 0 Å². The monoisotopic (exact) mass is 361 g/mol. The molecule has 0 aliphatic carbocycles. The molecule has 1 N–H and O–H groups in total. The van der Waals surface area contributed by atoms with Crippen LogP contribution in [0.1, 0.15) is 35.6 Å². The number of likely N-dealkylation sites (tertiary alicyclic amines) is 1. The summed E-state index contributed by atoms with van der Waals surface area (Å²) in [5.41, 5.74) is -0.106. The lowest BCUT2D eigenvalue weighted by molar-refractivity contribution is -0.385. The molecule has 138 valence electrons. The Morgan fingerprint density at radius 2 is 2.27 bits per heavy atom. The number of hydrogen-bond donors (Lipinski definition) is 1. The fourth-order valence-electron chi connectivity index (χ4n) is 2.78. The smallest absolute Gasteiger partial charge is 0.307 e. The molecule has 26 heavy (non-hydrogen) atoms. The van der Waals surface area contributed by atoms with Gasteiger partial charge in [-0.15, -0.1) is 0 Å². The van der Waals surface area contributed by atoms with Crippen molar-refractivity contribution in [2.75, 3.05) is 19.6 Å². The van der Waals surface area contributed by atoms with E-state index in [1.807, 2.05) is 0 Å². The first-order valence-electron chi connectivity index (χ1n) is 8.34. The number of hydrogen-bond acceptors (Lipinski definition) is 6. The molecule has 1 saturated heterocycles. The maximum Gasteiger partial charge on any atom is 0.307 e. The lowest BCUT2D eigenvalue weighted by atomic mass is 10.3. The Labute approximate surface area is 148 Å². The average molecular weight is 361 g/mol. The van der Waals surface area contributed by atoms with Gasteiger partial charge in [-0.3, -0.25) is 24.4 Å². The Kier molecular flexibility index (Phi) is 5.30. The van der Waals surface area contributed by atoms with E-state index in [1.165, 1.54) is 10.9 Å². The second kappa shape index (κ2) is 7.81. The molecule has 0 aromatic carbocycles. The van der Waals surface area contributed by atoms with Crippen LogP contribution < -0.4 is 5.32 Å². The number of nitrogens with zero attached hydrogens (tertiary/aromatic N) is 4. The van der Waals surface area contributed by atoms with Crippen molar-refractivity contribution in [3.05, 3.63) is 46.2 Å². The number of furan rings is 1. The molecule has 1 fully saturated rings. The standard InChI is InChI=1S/C16H19N5O5/c22-15-3-1-7-19(15)8-2-6-17-16(23)14-5-4-13(26-14)11-20-10-12(9-18-20)21(24)25/h4-5,9-10H,1-3,6-8,11H2,(H,17,23). The van der Waals surface area contributed by atoms with Crippen LogP contribution in [-0.2, 0) is 11.3 Å². The molecule has 2 aromatic rings. The van der Waals surface area contributed by atoms with E-state index in [1.54, 1.807) is 17.0 Å². The minimum Gasteiger partial charge on any atom is -0.454 e. The van der Waals surface area contributed by atoms with Crippen molar-refractivity contribution < 1.29 is 18.9 Å². The summed E-state index contributed by atoms with van der Waals surface area (Å²) in [5.74, 6) is 0.469. The van der Waals surface area contributed by atoms with E-state index in [0.29, 0.717) is 31.7 Å². The minimum atomic E-state index is -0.528.